The first-order valence-electron chi connectivity index (χ1n) is 6.74. The van der Waals surface area contributed by atoms with Crippen LogP contribution in [0.4, 0.5) is 4.39 Å². The molecule has 1 aromatic carbocycles. The van der Waals surface area contributed by atoms with Gasteiger partial charge in [0.05, 0.1) is 11.2 Å². The molecule has 19 heavy (non-hydrogen) atoms. The highest BCUT2D eigenvalue weighted by atomic mass is 19.1. The summed E-state index contributed by atoms with van der Waals surface area (Å²) in [5.41, 5.74) is 7.79. The van der Waals surface area contributed by atoms with E-state index in [4.69, 9.17) is 5.73 Å². The number of likely N-dealkylation sites (tertiary alicyclic amines) is 1. The van der Waals surface area contributed by atoms with Gasteiger partial charge in [-0.15, -0.1) is 0 Å². The maximum Gasteiger partial charge on any atom is 0.123 e. The number of fused-ring (bicyclic) bond motifs is 1. The average molecular weight is 259 g/mol. The molecular weight excluding hydrogens is 241 g/mol. The van der Waals surface area contributed by atoms with Crippen LogP contribution >= 0.6 is 0 Å². The Bertz CT molecular complexity index is 577. The van der Waals surface area contributed by atoms with Gasteiger partial charge < -0.3 is 5.73 Å². The van der Waals surface area contributed by atoms with E-state index in [0.717, 1.165) is 49.1 Å². The molecule has 0 saturated carbocycles. The molecule has 0 bridgehead atoms. The minimum Gasteiger partial charge on any atom is -0.328 e. The first kappa shape index (κ1) is 12.5. The van der Waals surface area contributed by atoms with Crippen molar-refractivity contribution in [2.24, 2.45) is 5.73 Å². The van der Waals surface area contributed by atoms with Crippen LogP contribution in [0.5, 0.6) is 0 Å². The summed E-state index contributed by atoms with van der Waals surface area (Å²) in [6.07, 6.45) is 2.11. The summed E-state index contributed by atoms with van der Waals surface area (Å²) in [6, 6.07) is 8.99. The molecule has 2 N–H and O–H groups in total. The second-order valence-corrected chi connectivity index (χ2v) is 5.25. The molecule has 1 fully saturated rings. The molecule has 100 valence electrons. The van der Waals surface area contributed by atoms with Gasteiger partial charge in [-0.1, -0.05) is 6.07 Å². The fourth-order valence-electron chi connectivity index (χ4n) is 2.57. The molecule has 1 saturated heterocycles. The quantitative estimate of drug-likeness (QED) is 0.899. The molecule has 0 radical (unpaired) electrons. The maximum atomic E-state index is 13.1. The molecule has 2 aromatic rings. The summed E-state index contributed by atoms with van der Waals surface area (Å²) >= 11 is 0. The van der Waals surface area contributed by atoms with Gasteiger partial charge in [-0.25, -0.2) is 4.39 Å². The SMILES string of the molecule is NC1CCN(Cc2ccc3cc(F)ccc3n2)CC1. The number of nitrogens with two attached hydrogens (primary N) is 1. The molecule has 0 atom stereocenters. The van der Waals surface area contributed by atoms with Crippen LogP contribution in [0.1, 0.15) is 18.5 Å². The molecule has 3 nitrogen and oxygen atoms in total. The summed E-state index contributed by atoms with van der Waals surface area (Å²) in [7, 11) is 0. The Hall–Kier alpha value is -1.52. The molecule has 2 heterocycles. The second-order valence-electron chi connectivity index (χ2n) is 5.25. The topological polar surface area (TPSA) is 42.1 Å². The van der Waals surface area contributed by atoms with Gasteiger partial charge in [-0.2, -0.15) is 0 Å². The van der Waals surface area contributed by atoms with Gasteiger partial charge in [0.15, 0.2) is 0 Å². The zero-order valence-corrected chi connectivity index (χ0v) is 10.8. The minimum atomic E-state index is -0.216. The number of nitrogens with zero attached hydrogens (tertiary/aromatic N) is 2. The third kappa shape index (κ3) is 2.91. The highest BCUT2D eigenvalue weighted by molar-refractivity contribution is 5.78. The third-order valence-electron chi connectivity index (χ3n) is 3.73. The van der Waals surface area contributed by atoms with Gasteiger partial charge in [0, 0.05) is 31.1 Å². The Balaban J connectivity index is 1.76. The lowest BCUT2D eigenvalue weighted by atomic mass is 10.1. The number of halogens is 1. The van der Waals surface area contributed by atoms with E-state index < -0.39 is 0 Å². The monoisotopic (exact) mass is 259 g/mol. The number of hydrogen-bond acceptors (Lipinski definition) is 3. The van der Waals surface area contributed by atoms with Crippen LogP contribution in [-0.2, 0) is 6.54 Å². The first-order chi connectivity index (χ1) is 9.20. The van der Waals surface area contributed by atoms with Crippen LogP contribution in [0.3, 0.4) is 0 Å². The van der Waals surface area contributed by atoms with Gasteiger partial charge in [0.25, 0.3) is 0 Å². The van der Waals surface area contributed by atoms with Crippen molar-refractivity contribution in [2.45, 2.75) is 25.4 Å². The van der Waals surface area contributed by atoms with Crippen molar-refractivity contribution in [3.63, 3.8) is 0 Å². The number of benzene rings is 1. The highest BCUT2D eigenvalue weighted by Gasteiger charge is 2.16. The highest BCUT2D eigenvalue weighted by Crippen LogP contribution is 2.16. The van der Waals surface area contributed by atoms with Gasteiger partial charge in [-0.3, -0.25) is 9.88 Å². The van der Waals surface area contributed by atoms with Gasteiger partial charge in [0.2, 0.25) is 0 Å². The molecule has 1 aliphatic heterocycles. The number of pyridine rings is 1. The number of aromatic nitrogens is 1. The molecule has 0 unspecified atom stereocenters. The van der Waals surface area contributed by atoms with Gasteiger partial charge in [-0.05, 0) is 37.1 Å². The lowest BCUT2D eigenvalue weighted by Gasteiger charge is -2.29. The largest absolute Gasteiger partial charge is 0.328 e. The average Bonchev–Trinajstić information content (AvgIpc) is 2.42. The fraction of sp³-hybridized carbons (Fsp3) is 0.400. The van der Waals surface area contributed by atoms with Crippen molar-refractivity contribution in [2.75, 3.05) is 13.1 Å². The van der Waals surface area contributed by atoms with Crippen LogP contribution in [0.15, 0.2) is 30.3 Å². The van der Waals surface area contributed by atoms with Crippen LogP contribution in [0.25, 0.3) is 10.9 Å². The van der Waals surface area contributed by atoms with E-state index in [9.17, 15) is 4.39 Å². The predicted octanol–water partition coefficient (Wildman–Crippen LogP) is 2.30. The smallest absolute Gasteiger partial charge is 0.123 e. The summed E-state index contributed by atoms with van der Waals surface area (Å²) in [4.78, 5) is 6.97. The molecule has 3 rings (SSSR count). The van der Waals surface area contributed by atoms with Crippen molar-refractivity contribution in [1.29, 1.82) is 0 Å². The molecule has 1 aliphatic rings. The van der Waals surface area contributed by atoms with E-state index in [1.54, 1.807) is 6.07 Å². The second kappa shape index (κ2) is 5.23. The standard InChI is InChI=1S/C15H18FN3/c16-12-2-4-15-11(9-12)1-3-14(18-15)10-19-7-5-13(17)6-8-19/h1-4,9,13H,5-8,10,17H2. The lowest BCUT2D eigenvalue weighted by Crippen LogP contribution is -2.39. The molecule has 0 amide bonds. The predicted molar refractivity (Wildman–Crippen MR) is 74.2 cm³/mol. The van der Waals surface area contributed by atoms with E-state index >= 15 is 0 Å². The maximum absolute atomic E-state index is 13.1. The van der Waals surface area contributed by atoms with E-state index in [0.29, 0.717) is 6.04 Å². The fourth-order valence-corrected chi connectivity index (χ4v) is 2.57. The molecule has 1 aromatic heterocycles. The van der Waals surface area contributed by atoms with Crippen molar-refractivity contribution >= 4 is 10.9 Å². The number of rotatable bonds is 2. The molecule has 0 spiro atoms. The summed E-state index contributed by atoms with van der Waals surface area (Å²) in [5, 5.41) is 0.851. The Labute approximate surface area is 112 Å². The van der Waals surface area contributed by atoms with Gasteiger partial charge >= 0.3 is 0 Å². The Morgan fingerprint density at radius 2 is 2.00 bits per heavy atom. The van der Waals surface area contributed by atoms with Crippen LogP contribution in [0, 0.1) is 5.82 Å². The van der Waals surface area contributed by atoms with E-state index in [-0.39, 0.29) is 5.82 Å². The van der Waals surface area contributed by atoms with Crippen LogP contribution in [0.2, 0.25) is 0 Å². The van der Waals surface area contributed by atoms with Gasteiger partial charge in [0.1, 0.15) is 5.82 Å². The van der Waals surface area contributed by atoms with Crippen molar-refractivity contribution < 1.29 is 4.39 Å². The van der Waals surface area contributed by atoms with E-state index in [1.165, 1.54) is 12.1 Å². The number of hydrogen-bond donors (Lipinski definition) is 1. The lowest BCUT2D eigenvalue weighted by molar-refractivity contribution is 0.204. The van der Waals surface area contributed by atoms with Crippen molar-refractivity contribution in [1.82, 2.24) is 9.88 Å². The van der Waals surface area contributed by atoms with E-state index in [2.05, 4.69) is 9.88 Å². The van der Waals surface area contributed by atoms with Crippen molar-refractivity contribution in [3.8, 4) is 0 Å². The molecule has 0 aliphatic carbocycles. The number of piperidine rings is 1. The Kier molecular flexibility index (Phi) is 3.44. The Morgan fingerprint density at radius 3 is 2.79 bits per heavy atom. The molecular formula is C15H18FN3. The summed E-state index contributed by atoms with van der Waals surface area (Å²) in [5.74, 6) is -0.216. The summed E-state index contributed by atoms with van der Waals surface area (Å²) < 4.78 is 13.1. The molecule has 4 heteroatoms. The van der Waals surface area contributed by atoms with Crippen LogP contribution < -0.4 is 5.73 Å². The minimum absolute atomic E-state index is 0.216. The normalized spacial score (nSPS) is 18.0. The zero-order valence-electron chi connectivity index (χ0n) is 10.8. The Morgan fingerprint density at radius 1 is 1.21 bits per heavy atom. The van der Waals surface area contributed by atoms with Crippen LogP contribution in [-0.4, -0.2) is 29.0 Å². The van der Waals surface area contributed by atoms with E-state index in [1.807, 2.05) is 12.1 Å². The zero-order chi connectivity index (χ0) is 13.2. The first-order valence-corrected chi connectivity index (χ1v) is 6.74. The third-order valence-corrected chi connectivity index (χ3v) is 3.73. The summed E-state index contributed by atoms with van der Waals surface area (Å²) in [6.45, 7) is 2.91. The van der Waals surface area contributed by atoms with Crippen molar-refractivity contribution in [3.05, 3.63) is 41.8 Å².